The van der Waals surface area contributed by atoms with E-state index in [9.17, 15) is 18.0 Å². The molecule has 0 aliphatic rings. The first kappa shape index (κ1) is 33.5. The van der Waals surface area contributed by atoms with Crippen molar-refractivity contribution in [1.82, 2.24) is 9.97 Å². The number of hydrogen-bond donors (Lipinski definition) is 2. The summed E-state index contributed by atoms with van der Waals surface area (Å²) in [6, 6.07) is 31.1. The second-order valence-electron chi connectivity index (χ2n) is 10.0. The highest BCUT2D eigenvalue weighted by Crippen LogP contribution is 2.36. The fraction of sp³-hybridized carbons (Fsp3) is 0.0882. The van der Waals surface area contributed by atoms with Crippen molar-refractivity contribution >= 4 is 70.9 Å². The smallest absolute Gasteiger partial charge is 0.398 e. The number of alkyl halides is 3. The summed E-state index contributed by atoms with van der Waals surface area (Å²) < 4.78 is 38.4. The predicted octanol–water partition coefficient (Wildman–Crippen LogP) is 10.4. The van der Waals surface area contributed by atoms with Crippen LogP contribution < -0.4 is 11.1 Å². The first-order valence-electron chi connectivity index (χ1n) is 13.8. The van der Waals surface area contributed by atoms with Crippen molar-refractivity contribution in [2.75, 3.05) is 11.1 Å². The molecule has 0 fully saturated rings. The molecular formula is C34H26Br2F3N4OS2+. The van der Waals surface area contributed by atoms with Crippen molar-refractivity contribution in [1.29, 1.82) is 0 Å². The van der Waals surface area contributed by atoms with Gasteiger partial charge in [-0.3, -0.25) is 4.79 Å². The van der Waals surface area contributed by atoms with E-state index < -0.39 is 12.1 Å². The van der Waals surface area contributed by atoms with Crippen molar-refractivity contribution in [3.05, 3.63) is 145 Å². The van der Waals surface area contributed by atoms with Crippen LogP contribution in [0.1, 0.15) is 22.5 Å². The number of nitrogens with one attached hydrogen (secondary N) is 1. The molecule has 46 heavy (non-hydrogen) atoms. The van der Waals surface area contributed by atoms with Gasteiger partial charge in [0.2, 0.25) is 5.51 Å². The molecule has 0 bridgehead atoms. The van der Waals surface area contributed by atoms with E-state index in [4.69, 9.17) is 10.7 Å². The van der Waals surface area contributed by atoms with Crippen LogP contribution in [0.15, 0.2) is 122 Å². The molecule has 4 aromatic carbocycles. The highest BCUT2D eigenvalue weighted by atomic mass is 79.9. The number of nitrogen functional groups attached to an aromatic ring is 1. The summed E-state index contributed by atoms with van der Waals surface area (Å²) in [5.41, 5.74) is 14.0. The molecule has 1 atom stereocenters. The van der Waals surface area contributed by atoms with Crippen LogP contribution in [0.4, 0.5) is 24.5 Å². The second-order valence-corrected chi connectivity index (χ2v) is 14.2. The van der Waals surface area contributed by atoms with Crippen LogP contribution in [0, 0.1) is 0 Å². The molecule has 3 N–H and O–H groups in total. The Hall–Kier alpha value is -3.84. The van der Waals surface area contributed by atoms with Gasteiger partial charge in [-0.15, -0.1) is 11.3 Å². The highest BCUT2D eigenvalue weighted by molar-refractivity contribution is 9.11. The van der Waals surface area contributed by atoms with E-state index in [1.165, 1.54) is 11.6 Å². The molecule has 0 saturated heterocycles. The van der Waals surface area contributed by atoms with Crippen LogP contribution in [-0.4, -0.2) is 22.1 Å². The zero-order valence-corrected chi connectivity index (χ0v) is 28.8. The molecule has 12 heteroatoms. The fourth-order valence-electron chi connectivity index (χ4n) is 4.28. The lowest BCUT2D eigenvalue weighted by molar-refractivity contribution is -0.167. The van der Waals surface area contributed by atoms with Crippen molar-refractivity contribution in [3.8, 4) is 15.5 Å². The standard InChI is InChI=1S/C18H12BrF3N2OS.C16H13BrN2S/c19-15-9-14(6-7-16(15)24-17(25)18(20,21)22)26-10-13(23-11-26)8-12-4-2-1-3-5-12;17-14-9-12(6-7-15(14)18)16-19-13(10-20-16)8-11-4-2-1-3-5-11/h1-7,9-11H,8H2;1-7,9-10H,8,18H2/p+1. The van der Waals surface area contributed by atoms with Gasteiger partial charge in [0.05, 0.1) is 11.4 Å². The van der Waals surface area contributed by atoms with E-state index in [1.54, 1.807) is 23.5 Å². The van der Waals surface area contributed by atoms with Crippen LogP contribution in [-0.2, 0) is 17.6 Å². The van der Waals surface area contributed by atoms with Crippen molar-refractivity contribution in [2.45, 2.75) is 19.0 Å². The molecule has 234 valence electrons. The molecule has 0 saturated carbocycles. The molecule has 6 rings (SSSR count). The monoisotopic (exact) mass is 785 g/mol. The first-order chi connectivity index (χ1) is 22.0. The van der Waals surface area contributed by atoms with E-state index in [-0.39, 0.29) is 16.2 Å². The minimum Gasteiger partial charge on any atom is -0.398 e. The summed E-state index contributed by atoms with van der Waals surface area (Å²) in [5, 5.41) is 7.04. The maximum atomic E-state index is 12.4. The van der Waals surface area contributed by atoms with Gasteiger partial charge in [0, 0.05) is 61.0 Å². The molecule has 5 nitrogen and oxygen atoms in total. The summed E-state index contributed by atoms with van der Waals surface area (Å²) >= 11 is 8.34. The molecule has 1 amide bonds. The Bertz CT molecular complexity index is 1930. The number of benzene rings is 4. The third-order valence-electron chi connectivity index (χ3n) is 6.57. The number of amides is 1. The van der Waals surface area contributed by atoms with Gasteiger partial charge in [0.15, 0.2) is 10.3 Å². The number of carbonyl (C=O) groups is 1. The summed E-state index contributed by atoms with van der Waals surface area (Å²) in [7, 11) is -0.361. The Morgan fingerprint density at radius 2 is 1.50 bits per heavy atom. The van der Waals surface area contributed by atoms with Gasteiger partial charge >= 0.3 is 12.1 Å². The van der Waals surface area contributed by atoms with Gasteiger partial charge in [0.25, 0.3) is 0 Å². The second kappa shape index (κ2) is 15.2. The Morgan fingerprint density at radius 1 is 0.848 bits per heavy atom. The number of aromatic nitrogens is 2. The number of carbonyl (C=O) groups excluding carboxylic acids is 1. The summed E-state index contributed by atoms with van der Waals surface area (Å²) in [6.45, 7) is 0. The Balaban J connectivity index is 0.000000187. The Morgan fingerprint density at radius 3 is 2.11 bits per heavy atom. The average molecular weight is 788 g/mol. The van der Waals surface area contributed by atoms with Crippen LogP contribution in [0.5, 0.6) is 0 Å². The maximum Gasteiger partial charge on any atom is 0.471 e. The lowest BCUT2D eigenvalue weighted by Gasteiger charge is -2.09. The average Bonchev–Trinajstić information content (AvgIpc) is 3.70. The maximum absolute atomic E-state index is 12.4. The largest absolute Gasteiger partial charge is 0.471 e. The first-order valence-corrected chi connectivity index (χ1v) is 17.6. The normalized spacial score (nSPS) is 11.5. The lowest BCUT2D eigenvalue weighted by Crippen LogP contribution is -2.30. The van der Waals surface area contributed by atoms with Gasteiger partial charge < -0.3 is 11.1 Å². The molecule has 0 aliphatic heterocycles. The molecular weight excluding hydrogens is 761 g/mol. The third-order valence-corrected chi connectivity index (χ3v) is 10.5. The third kappa shape index (κ3) is 9.12. The zero-order valence-electron chi connectivity index (χ0n) is 24.0. The zero-order chi connectivity index (χ0) is 32.7. The van der Waals surface area contributed by atoms with Crippen molar-refractivity contribution < 1.29 is 18.0 Å². The number of nitrogens with two attached hydrogens (primary N) is 1. The highest BCUT2D eigenvalue weighted by Gasteiger charge is 2.39. The van der Waals surface area contributed by atoms with Crippen LogP contribution in [0.25, 0.3) is 15.5 Å². The number of nitrogens with zero attached hydrogens (tertiary/aromatic N) is 2. The summed E-state index contributed by atoms with van der Waals surface area (Å²) in [5.74, 6) is -2.00. The number of thiazole rings is 2. The van der Waals surface area contributed by atoms with E-state index in [1.807, 2.05) is 70.8 Å². The number of anilines is 2. The van der Waals surface area contributed by atoms with Gasteiger partial charge in [-0.1, -0.05) is 60.7 Å². The molecule has 0 spiro atoms. The van der Waals surface area contributed by atoms with E-state index in [0.717, 1.165) is 55.4 Å². The molecule has 6 aromatic rings. The fourth-order valence-corrected chi connectivity index (χ4v) is 7.59. The number of halogens is 5. The lowest BCUT2D eigenvalue weighted by atomic mass is 10.1. The minimum atomic E-state index is -4.92. The van der Waals surface area contributed by atoms with Gasteiger partial charge in [-0.05, 0) is 67.3 Å². The van der Waals surface area contributed by atoms with Gasteiger partial charge in [0.1, 0.15) is 10.7 Å². The SMILES string of the molecule is Nc1ccc(-c2nc(Cc3ccccc3)cs2)cc1Br.O=C(Nc1ccc(-[s+]2cnc(Cc3ccccc3)c2)cc1Br)C(F)(F)F. The molecule has 2 aromatic heterocycles. The molecule has 1 unspecified atom stereocenters. The molecule has 2 heterocycles. The van der Waals surface area contributed by atoms with E-state index in [0.29, 0.717) is 4.47 Å². The molecule has 0 aliphatic carbocycles. The number of hydrogen-bond acceptors (Lipinski definition) is 5. The topological polar surface area (TPSA) is 80.9 Å². The summed E-state index contributed by atoms with van der Waals surface area (Å²) in [6.07, 6.45) is -3.33. The van der Waals surface area contributed by atoms with Crippen molar-refractivity contribution in [2.24, 2.45) is 0 Å². The van der Waals surface area contributed by atoms with Crippen LogP contribution >= 0.6 is 53.7 Å². The number of rotatable bonds is 7. The summed E-state index contributed by atoms with van der Waals surface area (Å²) in [4.78, 5) is 21.1. The Kier molecular flexibility index (Phi) is 11.1. The van der Waals surface area contributed by atoms with E-state index >= 15 is 0 Å². The van der Waals surface area contributed by atoms with Crippen molar-refractivity contribution in [3.63, 3.8) is 0 Å². The quantitative estimate of drug-likeness (QED) is 0.125. The van der Waals surface area contributed by atoms with E-state index in [2.05, 4.69) is 66.5 Å². The molecule has 0 radical (unpaired) electrons. The van der Waals surface area contributed by atoms with Crippen LogP contribution in [0.2, 0.25) is 0 Å². The minimum absolute atomic E-state index is 0.0734. The predicted molar refractivity (Wildman–Crippen MR) is 189 cm³/mol. The van der Waals surface area contributed by atoms with Gasteiger partial charge in [-0.25, -0.2) is 9.97 Å². The van der Waals surface area contributed by atoms with Crippen LogP contribution in [0.3, 0.4) is 0 Å². The Labute approximate surface area is 287 Å². The van der Waals surface area contributed by atoms with Gasteiger partial charge in [-0.2, -0.15) is 13.2 Å².